The number of rotatable bonds is 5. The number of nitrogens with zero attached hydrogens (tertiary/aromatic N) is 4. The van der Waals surface area contributed by atoms with E-state index in [1.807, 2.05) is 69.4 Å². The molecule has 0 saturated heterocycles. The van der Waals surface area contributed by atoms with Crippen LogP contribution < -0.4 is 9.67 Å². The van der Waals surface area contributed by atoms with Gasteiger partial charge in [0.25, 0.3) is 11.6 Å². The lowest BCUT2D eigenvalue weighted by atomic mass is 9.94. The van der Waals surface area contributed by atoms with E-state index in [9.17, 15) is 14.7 Å². The minimum atomic E-state index is -0.391. The van der Waals surface area contributed by atoms with Gasteiger partial charge in [0, 0.05) is 23.2 Å². The lowest BCUT2D eigenvalue weighted by Crippen LogP contribution is -2.45. The first kappa shape index (κ1) is 23.0. The molecule has 3 heterocycles. The van der Waals surface area contributed by atoms with E-state index in [1.54, 1.807) is 10.8 Å². The van der Waals surface area contributed by atoms with Crippen LogP contribution in [-0.2, 0) is 9.59 Å². The molecule has 0 bridgehead atoms. The molecule has 180 valence electrons. The number of pyridine rings is 1. The van der Waals surface area contributed by atoms with Gasteiger partial charge in [-0.3, -0.25) is 14.5 Å². The second-order valence-corrected chi connectivity index (χ2v) is 9.75. The predicted octanol–water partition coefficient (Wildman–Crippen LogP) is 3.74. The van der Waals surface area contributed by atoms with Crippen LogP contribution in [0.25, 0.3) is 17.0 Å². The van der Waals surface area contributed by atoms with Gasteiger partial charge in [-0.2, -0.15) is 9.67 Å². The molecule has 0 spiro atoms. The molecule has 0 atom stereocenters. The van der Waals surface area contributed by atoms with E-state index < -0.39 is 5.91 Å². The van der Waals surface area contributed by atoms with E-state index in [4.69, 9.17) is 0 Å². The maximum absolute atomic E-state index is 14.0. The third-order valence-electron chi connectivity index (χ3n) is 6.91. The largest absolute Gasteiger partial charge is 0.858 e. The molecule has 3 aromatic rings. The van der Waals surface area contributed by atoms with Crippen LogP contribution in [0.4, 0.5) is 0 Å². The zero-order chi connectivity index (χ0) is 24.7. The molecule has 1 aliphatic carbocycles. The molecule has 2 aromatic heterocycles. The molecule has 7 heteroatoms. The summed E-state index contributed by atoms with van der Waals surface area (Å²) in [6, 6.07) is 12.8. The van der Waals surface area contributed by atoms with Crippen LogP contribution in [0.5, 0.6) is 5.88 Å². The van der Waals surface area contributed by atoms with Crippen molar-refractivity contribution < 1.29 is 19.3 Å². The van der Waals surface area contributed by atoms with Gasteiger partial charge in [-0.05, 0) is 49.8 Å². The van der Waals surface area contributed by atoms with Gasteiger partial charge in [0.2, 0.25) is 0 Å². The summed E-state index contributed by atoms with van der Waals surface area (Å²) < 4.78 is 3.04. The fourth-order valence-corrected chi connectivity index (χ4v) is 5.20. The summed E-state index contributed by atoms with van der Waals surface area (Å²) in [4.78, 5) is 29.3. The summed E-state index contributed by atoms with van der Waals surface area (Å²) in [7, 11) is 0. The SMILES string of the molecule is Cc1ccc[n+](C2=C(c3c(C(C)C)nn(-c4ccccc4)c3[O-])C(=O)N(C3CCCCC3)C2=O)c1. The Morgan fingerprint density at radius 1 is 1.00 bits per heavy atom. The van der Waals surface area contributed by atoms with Gasteiger partial charge >= 0.3 is 5.91 Å². The highest BCUT2D eigenvalue weighted by Gasteiger charge is 2.49. The Hall–Kier alpha value is -3.74. The molecule has 0 N–H and O–H groups in total. The van der Waals surface area contributed by atoms with Crippen molar-refractivity contribution in [3.63, 3.8) is 0 Å². The van der Waals surface area contributed by atoms with Crippen LogP contribution in [-0.4, -0.2) is 32.5 Å². The molecular weight excluding hydrogens is 440 g/mol. The van der Waals surface area contributed by atoms with Gasteiger partial charge in [-0.25, -0.2) is 4.68 Å². The standard InChI is InChI=1S/C28H30N4O3/c1-18(2)24-22(27(34)32(29-24)21-14-8-5-9-15-21)23-25(30-16-10-11-19(3)17-30)28(35)31(26(23)33)20-12-6-4-7-13-20/h5,8-11,14-18,20H,4,6-7,12-13H2,1-3H3. The molecule has 1 saturated carbocycles. The monoisotopic (exact) mass is 470 g/mol. The number of carbonyl (C=O) groups is 2. The van der Waals surface area contributed by atoms with Crippen LogP contribution in [0.2, 0.25) is 0 Å². The normalized spacial score (nSPS) is 17.2. The fraction of sp³-hybridized carbons (Fsp3) is 0.357. The number of aromatic nitrogens is 3. The number of para-hydroxylation sites is 1. The van der Waals surface area contributed by atoms with Crippen LogP contribution >= 0.6 is 0 Å². The average Bonchev–Trinajstić information content (AvgIpc) is 3.33. The van der Waals surface area contributed by atoms with Gasteiger partial charge in [0.15, 0.2) is 12.4 Å². The quantitative estimate of drug-likeness (QED) is 0.420. The van der Waals surface area contributed by atoms with E-state index in [-0.39, 0.29) is 40.6 Å². The smallest absolute Gasteiger partial charge is 0.327 e. The van der Waals surface area contributed by atoms with E-state index in [2.05, 4.69) is 5.10 Å². The van der Waals surface area contributed by atoms with Crippen molar-refractivity contribution in [2.75, 3.05) is 0 Å². The van der Waals surface area contributed by atoms with Crippen LogP contribution in [0, 0.1) is 6.92 Å². The molecule has 1 aromatic carbocycles. The Labute approximate surface area is 205 Å². The number of imide groups is 1. The molecule has 2 amide bonds. The third kappa shape index (κ3) is 3.95. The molecule has 1 aliphatic heterocycles. The summed E-state index contributed by atoms with van der Waals surface area (Å²) in [5.74, 6) is -1.23. The lowest BCUT2D eigenvalue weighted by Gasteiger charge is -2.29. The molecule has 5 rings (SSSR count). The highest BCUT2D eigenvalue weighted by atomic mass is 16.3. The van der Waals surface area contributed by atoms with Crippen LogP contribution in [0.1, 0.15) is 68.7 Å². The second kappa shape index (κ2) is 9.13. The number of carbonyl (C=O) groups excluding carboxylic acids is 2. The van der Waals surface area contributed by atoms with Crippen molar-refractivity contribution in [3.05, 3.63) is 71.7 Å². The molecule has 1 fully saturated rings. The Morgan fingerprint density at radius 2 is 1.71 bits per heavy atom. The number of aryl methyl sites for hydroxylation is 1. The topological polar surface area (TPSA) is 82.1 Å². The first-order valence-electron chi connectivity index (χ1n) is 12.3. The minimum absolute atomic E-state index is 0.120. The maximum Gasteiger partial charge on any atom is 0.327 e. The van der Waals surface area contributed by atoms with Gasteiger partial charge in [-0.1, -0.05) is 51.3 Å². The van der Waals surface area contributed by atoms with Crippen LogP contribution in [0.3, 0.4) is 0 Å². The number of hydrogen-bond donors (Lipinski definition) is 0. The molecule has 7 nitrogen and oxygen atoms in total. The Balaban J connectivity index is 1.75. The summed E-state index contributed by atoms with van der Waals surface area (Å²) in [6.45, 7) is 5.82. The van der Waals surface area contributed by atoms with E-state index in [1.165, 1.54) is 9.58 Å². The van der Waals surface area contributed by atoms with Crippen molar-refractivity contribution in [2.45, 2.75) is 64.8 Å². The molecule has 0 unspecified atom stereocenters. The Bertz CT molecular complexity index is 1320. The van der Waals surface area contributed by atoms with E-state index >= 15 is 0 Å². The van der Waals surface area contributed by atoms with Crippen molar-refractivity contribution in [3.8, 4) is 11.6 Å². The third-order valence-corrected chi connectivity index (χ3v) is 6.91. The first-order valence-corrected chi connectivity index (χ1v) is 12.3. The van der Waals surface area contributed by atoms with Gasteiger partial charge < -0.3 is 5.11 Å². The molecule has 35 heavy (non-hydrogen) atoms. The number of benzene rings is 1. The van der Waals surface area contributed by atoms with Crippen molar-refractivity contribution in [2.24, 2.45) is 0 Å². The van der Waals surface area contributed by atoms with Gasteiger partial charge in [0.05, 0.1) is 11.4 Å². The molecule has 0 radical (unpaired) electrons. The summed E-state index contributed by atoms with van der Waals surface area (Å²) in [6.07, 6.45) is 8.26. The minimum Gasteiger partial charge on any atom is -0.858 e. The average molecular weight is 471 g/mol. The van der Waals surface area contributed by atoms with E-state index in [0.29, 0.717) is 11.4 Å². The molecular formula is C28H30N4O3. The summed E-state index contributed by atoms with van der Waals surface area (Å²) >= 11 is 0. The predicted molar refractivity (Wildman–Crippen MR) is 130 cm³/mol. The maximum atomic E-state index is 14.0. The summed E-state index contributed by atoms with van der Waals surface area (Å²) in [5.41, 5.74) is 2.71. The zero-order valence-corrected chi connectivity index (χ0v) is 20.4. The van der Waals surface area contributed by atoms with Crippen molar-refractivity contribution in [1.82, 2.24) is 14.7 Å². The fourth-order valence-electron chi connectivity index (χ4n) is 5.20. The van der Waals surface area contributed by atoms with Gasteiger partial charge in [0.1, 0.15) is 5.57 Å². The molecule has 2 aliphatic rings. The van der Waals surface area contributed by atoms with E-state index in [0.717, 1.165) is 37.7 Å². The van der Waals surface area contributed by atoms with Crippen molar-refractivity contribution in [1.29, 1.82) is 0 Å². The van der Waals surface area contributed by atoms with Crippen LogP contribution in [0.15, 0.2) is 54.9 Å². The summed E-state index contributed by atoms with van der Waals surface area (Å²) in [5, 5.41) is 18.5. The highest BCUT2D eigenvalue weighted by molar-refractivity contribution is 6.45. The lowest BCUT2D eigenvalue weighted by molar-refractivity contribution is -0.577. The Kier molecular flexibility index (Phi) is 6.01. The highest BCUT2D eigenvalue weighted by Crippen LogP contribution is 2.41. The van der Waals surface area contributed by atoms with Gasteiger partial charge in [-0.15, -0.1) is 0 Å². The van der Waals surface area contributed by atoms with Crippen molar-refractivity contribution >= 4 is 23.1 Å². The number of hydrogen-bond acceptors (Lipinski definition) is 4. The number of amides is 2. The Morgan fingerprint density at radius 3 is 2.37 bits per heavy atom. The zero-order valence-electron chi connectivity index (χ0n) is 20.4. The second-order valence-electron chi connectivity index (χ2n) is 9.75. The first-order chi connectivity index (χ1) is 16.9.